The van der Waals surface area contributed by atoms with Gasteiger partial charge in [0.15, 0.2) is 20.2 Å². The van der Waals surface area contributed by atoms with Gasteiger partial charge in [-0.05, 0) is 50.4 Å². The molecule has 0 aliphatic heterocycles. The van der Waals surface area contributed by atoms with Crippen molar-refractivity contribution in [3.05, 3.63) is 30.3 Å². The molecule has 4 aliphatic rings. The van der Waals surface area contributed by atoms with Gasteiger partial charge in [0.25, 0.3) is 0 Å². The highest BCUT2D eigenvalue weighted by atomic mass is 16.7. The Morgan fingerprint density at radius 2 is 1.39 bits per heavy atom. The summed E-state index contributed by atoms with van der Waals surface area (Å²) in [4.78, 5) is 41.8. The lowest BCUT2D eigenvalue weighted by Crippen LogP contribution is -2.71. The largest absolute Gasteiger partial charge is 0.705 e. The van der Waals surface area contributed by atoms with E-state index in [9.17, 15) is 40.2 Å². The van der Waals surface area contributed by atoms with Gasteiger partial charge in [0.1, 0.15) is 0 Å². The van der Waals surface area contributed by atoms with Crippen LogP contribution in [-0.4, -0.2) is 31.6 Å². The Labute approximate surface area is 129 Å². The number of rotatable bonds is 5. The third kappa shape index (κ3) is 1.67. The van der Waals surface area contributed by atoms with E-state index < -0.39 is 37.4 Å². The lowest BCUT2D eigenvalue weighted by atomic mass is 9.42. The Bertz CT molecular complexity index is 582. The van der Waals surface area contributed by atoms with Crippen LogP contribution in [0.15, 0.2) is 0 Å². The van der Waals surface area contributed by atoms with E-state index in [1.807, 2.05) is 0 Å². The predicted octanol–water partition coefficient (Wildman–Crippen LogP) is 1.14. The van der Waals surface area contributed by atoms with Crippen LogP contribution in [0.2, 0.25) is 0 Å². The quantitative estimate of drug-likeness (QED) is 0.445. The fourth-order valence-corrected chi connectivity index (χ4v) is 5.69. The average molecular weight is 329 g/mol. The first-order valence-electron chi connectivity index (χ1n) is 7.26. The van der Waals surface area contributed by atoms with Gasteiger partial charge in [-0.15, -0.1) is 0 Å². The minimum absolute atomic E-state index is 0.0402. The average Bonchev–Trinajstić information content (AvgIpc) is 2.35. The Morgan fingerprint density at radius 1 is 0.957 bits per heavy atom. The molecule has 4 bridgehead atoms. The number of nitrogens with zero attached hydrogens (tertiary/aromatic N) is 3. The van der Waals surface area contributed by atoms with Crippen molar-refractivity contribution in [2.75, 3.05) is 0 Å². The molecule has 0 saturated heterocycles. The first kappa shape index (κ1) is 15.6. The zero-order chi connectivity index (χ0) is 17.2. The van der Waals surface area contributed by atoms with Crippen LogP contribution in [-0.2, 0) is 4.79 Å². The van der Waals surface area contributed by atoms with Crippen LogP contribution in [0, 0.1) is 53.0 Å². The van der Waals surface area contributed by atoms with Crippen molar-refractivity contribution in [3.63, 3.8) is 0 Å². The van der Waals surface area contributed by atoms with E-state index in [-0.39, 0.29) is 43.9 Å². The molecule has 4 saturated carbocycles. The van der Waals surface area contributed by atoms with Gasteiger partial charge in [0.05, 0.1) is 5.41 Å². The van der Waals surface area contributed by atoms with Crippen LogP contribution in [0.4, 0.5) is 0 Å². The van der Waals surface area contributed by atoms with Crippen LogP contribution in [0.25, 0.3) is 0 Å². The molecule has 4 rings (SSSR count). The summed E-state index contributed by atoms with van der Waals surface area (Å²) in [6.07, 6.45) is 0.724. The Balaban J connectivity index is 2.20. The molecule has 23 heavy (non-hydrogen) atoms. The fraction of sp³-hybridized carbons (Fsp3) is 0.917. The summed E-state index contributed by atoms with van der Waals surface area (Å²) in [5.74, 6) is -5.26. The maximum Gasteiger partial charge on any atom is 0.705 e. The van der Waals surface area contributed by atoms with Crippen LogP contribution >= 0.6 is 0 Å². The van der Waals surface area contributed by atoms with Gasteiger partial charge in [-0.25, -0.2) is 0 Å². The number of carboxylic acid groups (broad SMARTS) is 1. The summed E-state index contributed by atoms with van der Waals surface area (Å²) in [5, 5.41) is 44.0. The molecule has 0 aromatic heterocycles. The zero-order valence-electron chi connectivity index (χ0n) is 12.0. The lowest BCUT2D eigenvalue weighted by molar-refractivity contribution is -0.989. The van der Waals surface area contributed by atoms with Crippen molar-refractivity contribution in [1.82, 2.24) is 0 Å². The van der Waals surface area contributed by atoms with Gasteiger partial charge >= 0.3 is 11.8 Å². The second-order valence-corrected chi connectivity index (χ2v) is 7.23. The van der Waals surface area contributed by atoms with Gasteiger partial charge in [-0.2, -0.15) is 0 Å². The van der Waals surface area contributed by atoms with Crippen LogP contribution in [0.1, 0.15) is 38.5 Å². The molecule has 2 atom stereocenters. The molecular formula is C12H15N3O8. The van der Waals surface area contributed by atoms with Crippen molar-refractivity contribution in [2.45, 2.75) is 44.3 Å². The van der Waals surface area contributed by atoms with E-state index in [1.165, 1.54) is 0 Å². The highest BCUT2D eigenvalue weighted by molar-refractivity contribution is 5.75. The smallest absolute Gasteiger partial charge is 0.481 e. The summed E-state index contributed by atoms with van der Waals surface area (Å²) in [5.41, 5.74) is -3.18. The summed E-state index contributed by atoms with van der Waals surface area (Å²) < 4.78 is 0. The van der Waals surface area contributed by atoms with Gasteiger partial charge < -0.3 is 5.11 Å². The summed E-state index contributed by atoms with van der Waals surface area (Å²) in [6.45, 7) is 0. The van der Waals surface area contributed by atoms with Crippen molar-refractivity contribution >= 4 is 5.97 Å². The molecule has 126 valence electrons. The van der Waals surface area contributed by atoms with E-state index in [2.05, 4.69) is 0 Å². The Morgan fingerprint density at radius 3 is 1.74 bits per heavy atom. The number of nitro groups is 3. The molecule has 4 aliphatic carbocycles. The van der Waals surface area contributed by atoms with E-state index in [4.69, 9.17) is 0 Å². The lowest BCUT2D eigenvalue weighted by Gasteiger charge is -2.57. The van der Waals surface area contributed by atoms with Crippen LogP contribution in [0.5, 0.6) is 0 Å². The second kappa shape index (κ2) is 4.36. The molecule has 11 nitrogen and oxygen atoms in total. The number of hydrogen-bond donors (Lipinski definition) is 1. The minimum atomic E-state index is -3.58. The van der Waals surface area contributed by atoms with Crippen molar-refractivity contribution < 1.29 is 24.7 Å². The maximum absolute atomic E-state index is 11.7. The van der Waals surface area contributed by atoms with Gasteiger partial charge in [0.2, 0.25) is 0 Å². The highest BCUT2D eigenvalue weighted by Gasteiger charge is 2.88. The first-order valence-corrected chi connectivity index (χ1v) is 7.26. The summed E-state index contributed by atoms with van der Waals surface area (Å²) in [7, 11) is 0. The molecule has 0 amide bonds. The van der Waals surface area contributed by atoms with Gasteiger partial charge in [0, 0.05) is 0 Å². The molecular weight excluding hydrogens is 314 g/mol. The molecule has 0 heterocycles. The molecule has 0 aromatic rings. The van der Waals surface area contributed by atoms with Crippen molar-refractivity contribution in [3.8, 4) is 0 Å². The summed E-state index contributed by atoms with van der Waals surface area (Å²) in [6, 6.07) is 0. The third-order valence-corrected chi connectivity index (χ3v) is 5.99. The van der Waals surface area contributed by atoms with E-state index in [1.54, 1.807) is 0 Å². The number of hydrogen-bond acceptors (Lipinski definition) is 7. The number of carboxylic acids is 1. The molecule has 2 unspecified atom stereocenters. The Kier molecular flexibility index (Phi) is 2.95. The molecule has 4 fully saturated rings. The monoisotopic (exact) mass is 329 g/mol. The van der Waals surface area contributed by atoms with Crippen molar-refractivity contribution in [1.29, 1.82) is 0 Å². The molecule has 0 radical (unpaired) electrons. The topological polar surface area (TPSA) is 167 Å². The molecule has 1 N–H and O–H groups in total. The molecule has 0 aromatic carbocycles. The van der Waals surface area contributed by atoms with Gasteiger partial charge in [-0.3, -0.25) is 35.1 Å². The number of aliphatic carboxylic acids is 1. The SMILES string of the molecule is O=C(O)C12CC3CC(C1)CC(C([N+](=O)[O-])([N+](=O)[O-])[N+](=O)[O-])(C3)C2. The van der Waals surface area contributed by atoms with Crippen LogP contribution < -0.4 is 0 Å². The van der Waals surface area contributed by atoms with Crippen LogP contribution in [0.3, 0.4) is 0 Å². The van der Waals surface area contributed by atoms with Crippen molar-refractivity contribution in [2.24, 2.45) is 22.7 Å². The standard InChI is InChI=1S/C12H15N3O8/c16-9(17)10-2-7-1-8(3-10)5-11(4-7,6-10)12(13(18)19,14(20)21)15(22)23/h7-8H,1-6H2,(H,16,17). The normalized spacial score (nSPS) is 38.3. The maximum atomic E-state index is 11.7. The molecule has 11 heteroatoms. The highest BCUT2D eigenvalue weighted by Crippen LogP contribution is 2.68. The fourth-order valence-electron chi connectivity index (χ4n) is 5.69. The van der Waals surface area contributed by atoms with Gasteiger partial charge in [-0.1, -0.05) is 0 Å². The zero-order valence-corrected chi connectivity index (χ0v) is 12.0. The number of carbonyl (C=O) groups is 1. The third-order valence-electron chi connectivity index (χ3n) is 5.99. The van der Waals surface area contributed by atoms with E-state index >= 15 is 0 Å². The second-order valence-electron chi connectivity index (χ2n) is 7.23. The molecule has 0 spiro atoms. The van der Waals surface area contributed by atoms with E-state index in [0.717, 1.165) is 0 Å². The predicted molar refractivity (Wildman–Crippen MR) is 70.9 cm³/mol. The summed E-state index contributed by atoms with van der Waals surface area (Å²) >= 11 is 0. The Hall–Kier alpha value is -2.33. The first-order chi connectivity index (χ1) is 10.6. The van der Waals surface area contributed by atoms with E-state index in [0.29, 0.717) is 6.42 Å². The minimum Gasteiger partial charge on any atom is -0.481 e.